The van der Waals surface area contributed by atoms with Crippen molar-refractivity contribution in [2.75, 3.05) is 20.2 Å². The Morgan fingerprint density at radius 3 is 2.79 bits per heavy atom. The van der Waals surface area contributed by atoms with Crippen LogP contribution < -0.4 is 15.2 Å². The minimum atomic E-state index is -0.542. The van der Waals surface area contributed by atoms with Crippen LogP contribution in [0.25, 0.3) is 0 Å². The van der Waals surface area contributed by atoms with Gasteiger partial charge in [-0.3, -0.25) is 9.69 Å². The van der Waals surface area contributed by atoms with E-state index in [1.54, 1.807) is 6.07 Å². The molecule has 1 aromatic heterocycles. The molecule has 2 N–H and O–H groups in total. The average molecular weight is 330 g/mol. The number of amides is 1. The van der Waals surface area contributed by atoms with Crippen molar-refractivity contribution in [3.63, 3.8) is 0 Å². The van der Waals surface area contributed by atoms with Crippen molar-refractivity contribution in [3.05, 3.63) is 47.4 Å². The van der Waals surface area contributed by atoms with Gasteiger partial charge < -0.3 is 19.6 Å². The molecule has 0 radical (unpaired) electrons. The smallest absolute Gasteiger partial charge is 0.284 e. The van der Waals surface area contributed by atoms with Gasteiger partial charge in [-0.25, -0.2) is 0 Å². The maximum absolute atomic E-state index is 11.3. The molecule has 6 heteroatoms. The van der Waals surface area contributed by atoms with E-state index in [4.69, 9.17) is 19.6 Å². The van der Waals surface area contributed by atoms with Gasteiger partial charge in [0.2, 0.25) is 0 Å². The van der Waals surface area contributed by atoms with Gasteiger partial charge in [0.1, 0.15) is 18.5 Å². The summed E-state index contributed by atoms with van der Waals surface area (Å²) in [6.45, 7) is 3.86. The lowest BCUT2D eigenvalue weighted by Gasteiger charge is -2.29. The molecular formula is C18H22N2O4. The van der Waals surface area contributed by atoms with E-state index >= 15 is 0 Å². The summed E-state index contributed by atoms with van der Waals surface area (Å²) in [5.74, 6) is 2.02. The predicted molar refractivity (Wildman–Crippen MR) is 89.3 cm³/mol. The molecule has 3 rings (SSSR count). The Morgan fingerprint density at radius 2 is 2.08 bits per heavy atom. The van der Waals surface area contributed by atoms with Crippen LogP contribution in [0.1, 0.15) is 28.8 Å². The zero-order chi connectivity index (χ0) is 17.1. The van der Waals surface area contributed by atoms with Gasteiger partial charge in [0, 0.05) is 25.1 Å². The van der Waals surface area contributed by atoms with Crippen LogP contribution in [0.2, 0.25) is 0 Å². The number of furan rings is 1. The number of fused-ring (bicyclic) bond motifs is 1. The average Bonchev–Trinajstić information content (AvgIpc) is 2.97. The van der Waals surface area contributed by atoms with Crippen LogP contribution in [0.15, 0.2) is 34.7 Å². The van der Waals surface area contributed by atoms with Crippen LogP contribution in [0, 0.1) is 0 Å². The molecule has 6 nitrogen and oxygen atoms in total. The van der Waals surface area contributed by atoms with E-state index in [2.05, 4.69) is 4.90 Å². The molecule has 1 aliphatic heterocycles. The van der Waals surface area contributed by atoms with Crippen molar-refractivity contribution in [2.45, 2.75) is 26.0 Å². The third-order valence-electron chi connectivity index (χ3n) is 3.98. The molecule has 24 heavy (non-hydrogen) atoms. The van der Waals surface area contributed by atoms with Crippen LogP contribution in [0.5, 0.6) is 11.5 Å². The summed E-state index contributed by atoms with van der Waals surface area (Å²) in [4.78, 5) is 13.4. The van der Waals surface area contributed by atoms with Crippen molar-refractivity contribution in [3.8, 4) is 11.5 Å². The lowest BCUT2D eigenvalue weighted by Crippen LogP contribution is -2.39. The van der Waals surface area contributed by atoms with Crippen molar-refractivity contribution in [1.82, 2.24) is 4.90 Å². The molecule has 0 saturated heterocycles. The third-order valence-corrected chi connectivity index (χ3v) is 3.98. The standard InChI is InChI=1S/C18H22N2O4/c1-3-14-12(8-17(24-14)18(19)21)9-20(2)10-13-11-22-15-6-4-5-7-16(15)23-13/h4-8,13H,3,9-11H2,1-2H3,(H2,19,21)/t13-/m0/s1. The maximum atomic E-state index is 11.3. The molecular weight excluding hydrogens is 308 g/mol. The molecule has 0 bridgehead atoms. The van der Waals surface area contributed by atoms with E-state index in [0.717, 1.165) is 22.8 Å². The van der Waals surface area contributed by atoms with E-state index in [0.29, 0.717) is 26.1 Å². The number of benzene rings is 1. The van der Waals surface area contributed by atoms with E-state index in [1.807, 2.05) is 38.2 Å². The maximum Gasteiger partial charge on any atom is 0.284 e. The molecule has 1 aliphatic rings. The molecule has 0 unspecified atom stereocenters. The van der Waals surface area contributed by atoms with E-state index < -0.39 is 5.91 Å². The summed E-state index contributed by atoms with van der Waals surface area (Å²) < 4.78 is 17.2. The highest BCUT2D eigenvalue weighted by atomic mass is 16.6. The van der Waals surface area contributed by atoms with Crippen LogP contribution in [0.3, 0.4) is 0 Å². The van der Waals surface area contributed by atoms with Crippen LogP contribution >= 0.6 is 0 Å². The van der Waals surface area contributed by atoms with E-state index in [-0.39, 0.29) is 11.9 Å². The monoisotopic (exact) mass is 330 g/mol. The quantitative estimate of drug-likeness (QED) is 0.878. The van der Waals surface area contributed by atoms with Crippen molar-refractivity contribution in [2.24, 2.45) is 5.73 Å². The fourth-order valence-electron chi connectivity index (χ4n) is 2.88. The molecule has 0 fully saturated rings. The van der Waals surface area contributed by atoms with Gasteiger partial charge >= 0.3 is 0 Å². The van der Waals surface area contributed by atoms with Gasteiger partial charge in [-0.15, -0.1) is 0 Å². The summed E-state index contributed by atoms with van der Waals surface area (Å²) >= 11 is 0. The van der Waals surface area contributed by atoms with Gasteiger partial charge in [0.25, 0.3) is 5.91 Å². The number of carbonyl (C=O) groups is 1. The highest BCUT2D eigenvalue weighted by molar-refractivity contribution is 5.90. The molecule has 1 atom stereocenters. The molecule has 2 heterocycles. The summed E-state index contributed by atoms with van der Waals surface area (Å²) in [5.41, 5.74) is 6.27. The van der Waals surface area contributed by atoms with Gasteiger partial charge in [-0.2, -0.15) is 0 Å². The second kappa shape index (κ2) is 6.97. The summed E-state index contributed by atoms with van der Waals surface area (Å²) in [6.07, 6.45) is 0.671. The first-order valence-corrected chi connectivity index (χ1v) is 8.05. The highest BCUT2D eigenvalue weighted by Crippen LogP contribution is 2.31. The lowest BCUT2D eigenvalue weighted by atomic mass is 10.2. The van der Waals surface area contributed by atoms with Crippen LogP contribution in [0.4, 0.5) is 0 Å². The summed E-state index contributed by atoms with van der Waals surface area (Å²) in [6, 6.07) is 9.39. The molecule has 0 aliphatic carbocycles. The fraction of sp³-hybridized carbons (Fsp3) is 0.389. The number of primary amides is 1. The topological polar surface area (TPSA) is 77.9 Å². The minimum absolute atomic E-state index is 0.0440. The predicted octanol–water partition coefficient (Wildman–Crippen LogP) is 2.21. The van der Waals surface area contributed by atoms with Gasteiger partial charge in [0.05, 0.1) is 0 Å². The zero-order valence-electron chi connectivity index (χ0n) is 14.0. The second-order valence-corrected chi connectivity index (χ2v) is 5.97. The Kier molecular flexibility index (Phi) is 4.76. The van der Waals surface area contributed by atoms with E-state index in [1.165, 1.54) is 0 Å². The SMILES string of the molecule is CCc1oc(C(N)=O)cc1CN(C)C[C@H]1COc2ccccc2O1. The highest BCUT2D eigenvalue weighted by Gasteiger charge is 2.23. The summed E-state index contributed by atoms with van der Waals surface area (Å²) in [7, 11) is 2.00. The van der Waals surface area contributed by atoms with Crippen LogP contribution in [-0.2, 0) is 13.0 Å². The second-order valence-electron chi connectivity index (χ2n) is 5.97. The Balaban J connectivity index is 1.62. The number of nitrogens with two attached hydrogens (primary N) is 1. The Bertz CT molecular complexity index is 726. The number of nitrogens with zero attached hydrogens (tertiary/aromatic N) is 1. The molecule has 0 spiro atoms. The number of likely N-dealkylation sites (N-methyl/N-ethyl adjacent to an activating group) is 1. The number of aryl methyl sites for hydroxylation is 1. The Hall–Kier alpha value is -2.47. The summed E-state index contributed by atoms with van der Waals surface area (Å²) in [5, 5.41) is 0. The number of ether oxygens (including phenoxy) is 2. The minimum Gasteiger partial charge on any atom is -0.486 e. The van der Waals surface area contributed by atoms with Gasteiger partial charge in [-0.1, -0.05) is 19.1 Å². The Morgan fingerprint density at radius 1 is 1.33 bits per heavy atom. The number of hydrogen-bond acceptors (Lipinski definition) is 5. The first-order chi connectivity index (χ1) is 11.6. The molecule has 128 valence electrons. The van der Waals surface area contributed by atoms with Crippen LogP contribution in [-0.4, -0.2) is 37.1 Å². The Labute approximate surface area is 141 Å². The molecule has 2 aromatic rings. The van der Waals surface area contributed by atoms with E-state index in [9.17, 15) is 4.79 Å². The first kappa shape index (κ1) is 16.4. The molecule has 1 amide bonds. The van der Waals surface area contributed by atoms with Gasteiger partial charge in [-0.05, 0) is 25.2 Å². The third kappa shape index (κ3) is 3.54. The fourth-order valence-corrected chi connectivity index (χ4v) is 2.88. The first-order valence-electron chi connectivity index (χ1n) is 8.05. The van der Waals surface area contributed by atoms with Crippen molar-refractivity contribution in [1.29, 1.82) is 0 Å². The lowest BCUT2D eigenvalue weighted by molar-refractivity contribution is 0.0637. The normalized spacial score (nSPS) is 16.4. The van der Waals surface area contributed by atoms with Gasteiger partial charge in [0.15, 0.2) is 17.3 Å². The largest absolute Gasteiger partial charge is 0.486 e. The number of hydrogen-bond donors (Lipinski definition) is 1. The molecule has 1 aromatic carbocycles. The zero-order valence-corrected chi connectivity index (χ0v) is 14.0. The number of carbonyl (C=O) groups excluding carboxylic acids is 1. The van der Waals surface area contributed by atoms with Crippen molar-refractivity contribution < 1.29 is 18.7 Å². The van der Waals surface area contributed by atoms with Crippen molar-refractivity contribution >= 4 is 5.91 Å². The molecule has 0 saturated carbocycles. The number of para-hydroxylation sites is 2. The number of rotatable bonds is 6.